The number of hydrogen-bond donors (Lipinski definition) is 2. The largest absolute Gasteiger partial charge is 0.490 e. The van der Waals surface area contributed by atoms with Crippen LogP contribution in [0.1, 0.15) is 105 Å². The molecule has 0 saturated carbocycles. The Bertz CT molecular complexity index is 1020. The fourth-order valence-electron chi connectivity index (χ4n) is 3.97. The predicted molar refractivity (Wildman–Crippen MR) is 157 cm³/mol. The molecule has 0 amide bonds. The van der Waals surface area contributed by atoms with Crippen LogP contribution in [0.4, 0.5) is 24.8 Å². The summed E-state index contributed by atoms with van der Waals surface area (Å²) in [6.07, 6.45) is 1.39. The number of hydrogen-bond acceptors (Lipinski definition) is 6. The number of rotatable bonds is 9. The monoisotopic (exact) mass is 657 g/mol. The van der Waals surface area contributed by atoms with E-state index in [9.17, 15) is 18.0 Å². The van der Waals surface area contributed by atoms with Gasteiger partial charge in [-0.1, -0.05) is 61.5 Å². The summed E-state index contributed by atoms with van der Waals surface area (Å²) in [6, 6.07) is 3.40. The Morgan fingerprint density at radius 1 is 1.15 bits per heavy atom. The topological polar surface area (TPSA) is 87.6 Å². The Morgan fingerprint density at radius 2 is 1.71 bits per heavy atom. The van der Waals surface area contributed by atoms with E-state index in [-0.39, 0.29) is 57.7 Å². The Labute approximate surface area is 269 Å². The van der Waals surface area contributed by atoms with Crippen molar-refractivity contribution in [2.75, 3.05) is 16.8 Å². The Hall–Kier alpha value is -2.20. The van der Waals surface area contributed by atoms with Gasteiger partial charge in [0.25, 0.3) is 0 Å². The third kappa shape index (κ3) is 13.5. The van der Waals surface area contributed by atoms with Crippen molar-refractivity contribution in [2.45, 2.75) is 106 Å². The van der Waals surface area contributed by atoms with Gasteiger partial charge < -0.3 is 20.1 Å². The summed E-state index contributed by atoms with van der Waals surface area (Å²) in [5.74, 6) is -0.249. The summed E-state index contributed by atoms with van der Waals surface area (Å²) in [5, 5.41) is 11.8. The van der Waals surface area contributed by atoms with E-state index >= 15 is 0 Å². The van der Waals surface area contributed by atoms with Gasteiger partial charge in [-0.3, -0.25) is 4.79 Å². The molecule has 41 heavy (non-hydrogen) atoms. The van der Waals surface area contributed by atoms with Gasteiger partial charge in [-0.15, -0.1) is 0 Å². The van der Waals surface area contributed by atoms with Gasteiger partial charge in [-0.25, -0.2) is 9.97 Å². The number of carbonyl (C=O) groups is 1. The SMILES string of the molecule is C=C(C)N1c2ccc(C(F)(F)F)cc2C(Nc2ncc(OCCCC(=O)O)cn2)CC1CC.CC.CC.CCC.[Y]. The number of carboxylic acids is 1. The number of aromatic nitrogens is 2. The molecular weight excluding hydrogens is 610 g/mol. The van der Waals surface area contributed by atoms with Crippen LogP contribution in [0.5, 0.6) is 5.75 Å². The number of carboxylic acid groups (broad SMARTS) is 1. The Kier molecular flexibility index (Phi) is 21.5. The fourth-order valence-corrected chi connectivity index (χ4v) is 3.97. The Morgan fingerprint density at radius 3 is 2.17 bits per heavy atom. The van der Waals surface area contributed by atoms with E-state index in [4.69, 9.17) is 9.84 Å². The summed E-state index contributed by atoms with van der Waals surface area (Å²) < 4.78 is 45.6. The van der Waals surface area contributed by atoms with Crippen LogP contribution in [-0.4, -0.2) is 33.7 Å². The van der Waals surface area contributed by atoms with Crippen molar-refractivity contribution in [3.63, 3.8) is 0 Å². The van der Waals surface area contributed by atoms with Crippen LogP contribution in [0.25, 0.3) is 0 Å². The molecule has 1 aromatic carbocycles. The summed E-state index contributed by atoms with van der Waals surface area (Å²) in [4.78, 5) is 21.0. The average molecular weight is 658 g/mol. The minimum atomic E-state index is -4.45. The quantitative estimate of drug-likeness (QED) is 0.261. The first-order valence-corrected chi connectivity index (χ1v) is 14.1. The molecular formula is C30H47F3N4O3Y. The number of nitrogens with one attached hydrogen (secondary N) is 1. The maximum absolute atomic E-state index is 13.4. The molecule has 0 aliphatic carbocycles. The number of aliphatic carboxylic acids is 1. The molecule has 1 aliphatic heterocycles. The number of fused-ring (bicyclic) bond motifs is 1. The fraction of sp³-hybridized carbons (Fsp3) is 0.567. The van der Waals surface area contributed by atoms with Crippen molar-refractivity contribution in [1.82, 2.24) is 9.97 Å². The molecule has 2 aromatic rings. The average Bonchev–Trinajstić information content (AvgIpc) is 2.93. The number of nitrogens with zero attached hydrogens (tertiary/aromatic N) is 3. The number of halogens is 3. The minimum Gasteiger partial charge on any atom is -0.490 e. The molecule has 0 bridgehead atoms. The van der Waals surface area contributed by atoms with Gasteiger partial charge in [0.15, 0.2) is 5.75 Å². The standard InChI is InChI=1S/C23H27F3N4O3.C3H8.2C2H6.Y/c1-4-16-11-19(29-22-27-12-17(13-28-22)33-9-5-6-21(31)32)18-10-15(23(24,25)26)7-8-20(18)30(16)14(2)3;1-3-2;2*1-2;/h7-8,10,12-13,16,19H,2,4-6,9,11H2,1,3H3,(H,31,32)(H,27,28,29);3H2,1-2H3;2*1-2H3;. The van der Waals surface area contributed by atoms with Crippen molar-refractivity contribution < 1.29 is 60.5 Å². The zero-order chi connectivity index (χ0) is 30.9. The third-order valence-electron chi connectivity index (χ3n) is 5.48. The molecule has 2 N–H and O–H groups in total. The molecule has 1 radical (unpaired) electrons. The van der Waals surface area contributed by atoms with Crippen LogP contribution in [0.2, 0.25) is 0 Å². The van der Waals surface area contributed by atoms with Crippen molar-refractivity contribution in [1.29, 1.82) is 0 Å². The molecule has 2 atom stereocenters. The molecule has 3 rings (SSSR count). The zero-order valence-corrected chi connectivity index (χ0v) is 28.6. The molecule has 2 unspecified atom stereocenters. The van der Waals surface area contributed by atoms with Gasteiger partial charge in [-0.05, 0) is 49.9 Å². The van der Waals surface area contributed by atoms with Crippen LogP contribution in [-0.2, 0) is 43.7 Å². The van der Waals surface area contributed by atoms with Gasteiger partial charge in [0, 0.05) is 56.6 Å². The number of alkyl halides is 3. The normalized spacial score (nSPS) is 15.1. The minimum absolute atomic E-state index is 0. The van der Waals surface area contributed by atoms with E-state index in [1.807, 2.05) is 46.4 Å². The Balaban J connectivity index is 0. The maximum Gasteiger partial charge on any atom is 0.416 e. The van der Waals surface area contributed by atoms with Crippen molar-refractivity contribution >= 4 is 17.6 Å². The first-order chi connectivity index (χ1) is 19.0. The smallest absolute Gasteiger partial charge is 0.416 e. The van der Waals surface area contributed by atoms with Crippen molar-refractivity contribution in [3.05, 3.63) is 54.0 Å². The second kappa shape index (κ2) is 21.5. The second-order valence-corrected chi connectivity index (χ2v) is 8.67. The van der Waals surface area contributed by atoms with Crippen LogP contribution < -0.4 is 15.0 Å². The molecule has 11 heteroatoms. The first kappa shape index (κ1) is 40.9. The second-order valence-electron chi connectivity index (χ2n) is 8.67. The van der Waals surface area contributed by atoms with E-state index in [2.05, 4.69) is 35.7 Å². The van der Waals surface area contributed by atoms with Crippen LogP contribution >= 0.6 is 0 Å². The summed E-state index contributed by atoms with van der Waals surface area (Å²) in [5.41, 5.74) is 1.25. The molecule has 0 spiro atoms. The summed E-state index contributed by atoms with van der Waals surface area (Å²) in [6.45, 7) is 20.4. The van der Waals surface area contributed by atoms with Gasteiger partial charge in [0.2, 0.25) is 5.95 Å². The summed E-state index contributed by atoms with van der Waals surface area (Å²) >= 11 is 0. The molecule has 1 aliphatic rings. The zero-order valence-electron chi connectivity index (χ0n) is 25.8. The molecule has 229 valence electrons. The molecule has 0 saturated heterocycles. The van der Waals surface area contributed by atoms with E-state index in [0.29, 0.717) is 29.8 Å². The van der Waals surface area contributed by atoms with E-state index < -0.39 is 23.8 Å². The molecule has 1 aromatic heterocycles. The van der Waals surface area contributed by atoms with Crippen LogP contribution in [0.3, 0.4) is 0 Å². The van der Waals surface area contributed by atoms with Crippen molar-refractivity contribution in [2.24, 2.45) is 0 Å². The number of ether oxygens (including phenoxy) is 1. The van der Waals surface area contributed by atoms with E-state index in [1.54, 1.807) is 0 Å². The molecule has 2 heterocycles. The van der Waals surface area contributed by atoms with E-state index in [0.717, 1.165) is 18.2 Å². The van der Waals surface area contributed by atoms with Gasteiger partial charge in [0.1, 0.15) is 0 Å². The maximum atomic E-state index is 13.4. The van der Waals surface area contributed by atoms with Gasteiger partial charge >= 0.3 is 12.1 Å². The number of anilines is 2. The van der Waals surface area contributed by atoms with Crippen molar-refractivity contribution in [3.8, 4) is 5.75 Å². The van der Waals surface area contributed by atoms with Gasteiger partial charge in [0.05, 0.1) is 30.6 Å². The van der Waals surface area contributed by atoms with Crippen LogP contribution in [0, 0.1) is 0 Å². The summed E-state index contributed by atoms with van der Waals surface area (Å²) in [7, 11) is 0. The van der Waals surface area contributed by atoms with Gasteiger partial charge in [-0.2, -0.15) is 13.2 Å². The first-order valence-electron chi connectivity index (χ1n) is 14.1. The third-order valence-corrected chi connectivity index (χ3v) is 5.48. The number of allylic oxidation sites excluding steroid dienone is 1. The predicted octanol–water partition coefficient (Wildman–Crippen LogP) is 8.88. The molecule has 7 nitrogen and oxygen atoms in total. The molecule has 0 fully saturated rings. The van der Waals surface area contributed by atoms with Crippen LogP contribution in [0.15, 0.2) is 42.9 Å². The van der Waals surface area contributed by atoms with E-state index in [1.165, 1.54) is 30.9 Å². The number of benzene rings is 1.